The first-order chi connectivity index (χ1) is 16.2. The maximum atomic E-state index is 12.3. The SMILES string of the molecule is COC(=O)C(Cc1ccccc1)Nc1cc(-c2ccc(OCc3ccccc3)nc2)ncn1. The zero-order chi connectivity index (χ0) is 22.9. The van der Waals surface area contributed by atoms with Crippen molar-refractivity contribution in [2.45, 2.75) is 19.1 Å². The predicted molar refractivity (Wildman–Crippen MR) is 126 cm³/mol. The van der Waals surface area contributed by atoms with Crippen molar-refractivity contribution >= 4 is 11.8 Å². The minimum Gasteiger partial charge on any atom is -0.473 e. The van der Waals surface area contributed by atoms with E-state index in [-0.39, 0.29) is 5.97 Å². The maximum Gasteiger partial charge on any atom is 0.328 e. The van der Waals surface area contributed by atoms with Crippen LogP contribution in [-0.2, 0) is 22.6 Å². The highest BCUT2D eigenvalue weighted by Crippen LogP contribution is 2.21. The van der Waals surface area contributed by atoms with Gasteiger partial charge in [-0.05, 0) is 17.2 Å². The fourth-order valence-corrected chi connectivity index (χ4v) is 3.31. The van der Waals surface area contributed by atoms with Gasteiger partial charge in [0.05, 0.1) is 12.8 Å². The molecule has 7 heteroatoms. The van der Waals surface area contributed by atoms with Gasteiger partial charge in [0, 0.05) is 30.3 Å². The molecule has 0 saturated heterocycles. The zero-order valence-electron chi connectivity index (χ0n) is 18.2. The molecule has 4 rings (SSSR count). The summed E-state index contributed by atoms with van der Waals surface area (Å²) in [5, 5.41) is 3.17. The van der Waals surface area contributed by atoms with Gasteiger partial charge in [-0.1, -0.05) is 60.7 Å². The summed E-state index contributed by atoms with van der Waals surface area (Å²) in [5.41, 5.74) is 3.58. The van der Waals surface area contributed by atoms with E-state index in [4.69, 9.17) is 9.47 Å². The molecular formula is C26H24N4O3. The summed E-state index contributed by atoms with van der Waals surface area (Å²) in [6.07, 6.45) is 3.63. The monoisotopic (exact) mass is 440 g/mol. The van der Waals surface area contributed by atoms with E-state index in [0.717, 1.165) is 16.7 Å². The largest absolute Gasteiger partial charge is 0.473 e. The molecule has 33 heavy (non-hydrogen) atoms. The van der Waals surface area contributed by atoms with Gasteiger partial charge in [0.15, 0.2) is 0 Å². The molecule has 0 spiro atoms. The van der Waals surface area contributed by atoms with E-state index >= 15 is 0 Å². The highest BCUT2D eigenvalue weighted by Gasteiger charge is 2.20. The summed E-state index contributed by atoms with van der Waals surface area (Å²) in [4.78, 5) is 25.3. The molecule has 0 bridgehead atoms. The van der Waals surface area contributed by atoms with Crippen LogP contribution in [0, 0.1) is 0 Å². The van der Waals surface area contributed by atoms with Crippen LogP contribution in [0.3, 0.4) is 0 Å². The second-order valence-corrected chi connectivity index (χ2v) is 7.36. The molecule has 0 amide bonds. The first-order valence-corrected chi connectivity index (χ1v) is 10.5. The summed E-state index contributed by atoms with van der Waals surface area (Å²) in [6, 6.07) is 24.6. The van der Waals surface area contributed by atoms with Crippen LogP contribution in [0.5, 0.6) is 5.88 Å². The van der Waals surface area contributed by atoms with Crippen LogP contribution in [0.15, 0.2) is 91.4 Å². The number of carbonyl (C=O) groups excluding carboxylic acids is 1. The zero-order valence-corrected chi connectivity index (χ0v) is 18.2. The molecule has 0 radical (unpaired) electrons. The average molecular weight is 441 g/mol. The lowest BCUT2D eigenvalue weighted by atomic mass is 10.1. The van der Waals surface area contributed by atoms with Crippen molar-refractivity contribution in [2.75, 3.05) is 12.4 Å². The van der Waals surface area contributed by atoms with Gasteiger partial charge in [0.25, 0.3) is 0 Å². The smallest absolute Gasteiger partial charge is 0.328 e. The van der Waals surface area contributed by atoms with Crippen molar-refractivity contribution in [3.05, 3.63) is 103 Å². The summed E-state index contributed by atoms with van der Waals surface area (Å²) >= 11 is 0. The van der Waals surface area contributed by atoms with Gasteiger partial charge in [-0.15, -0.1) is 0 Å². The quantitative estimate of drug-likeness (QED) is 0.388. The Morgan fingerprint density at radius 1 is 0.909 bits per heavy atom. The molecule has 2 aromatic carbocycles. The molecule has 0 saturated carbocycles. The fourth-order valence-electron chi connectivity index (χ4n) is 3.31. The fraction of sp³-hybridized carbons (Fsp3) is 0.154. The lowest BCUT2D eigenvalue weighted by Crippen LogP contribution is -2.33. The second kappa shape index (κ2) is 10.9. The number of nitrogens with zero attached hydrogens (tertiary/aromatic N) is 3. The predicted octanol–water partition coefficient (Wildman–Crippen LogP) is 4.31. The number of nitrogens with one attached hydrogen (secondary N) is 1. The van der Waals surface area contributed by atoms with E-state index < -0.39 is 6.04 Å². The van der Waals surface area contributed by atoms with Crippen LogP contribution in [0.25, 0.3) is 11.3 Å². The van der Waals surface area contributed by atoms with Gasteiger partial charge in [-0.2, -0.15) is 0 Å². The number of benzene rings is 2. The average Bonchev–Trinajstić information content (AvgIpc) is 2.88. The number of hydrogen-bond donors (Lipinski definition) is 1. The van der Waals surface area contributed by atoms with Gasteiger partial charge in [-0.25, -0.2) is 19.7 Å². The van der Waals surface area contributed by atoms with Crippen LogP contribution >= 0.6 is 0 Å². The summed E-state index contributed by atoms with van der Waals surface area (Å²) < 4.78 is 10.7. The summed E-state index contributed by atoms with van der Waals surface area (Å²) in [5.74, 6) is 0.694. The number of aromatic nitrogens is 3. The van der Waals surface area contributed by atoms with E-state index in [0.29, 0.717) is 30.4 Å². The van der Waals surface area contributed by atoms with Crippen molar-refractivity contribution in [1.82, 2.24) is 15.0 Å². The molecule has 1 N–H and O–H groups in total. The topological polar surface area (TPSA) is 86.2 Å². The first kappa shape index (κ1) is 22.0. The molecule has 0 fully saturated rings. The Morgan fingerprint density at radius 3 is 2.30 bits per heavy atom. The number of ether oxygens (including phenoxy) is 2. The number of pyridine rings is 1. The van der Waals surface area contributed by atoms with Crippen LogP contribution in [0.2, 0.25) is 0 Å². The highest BCUT2D eigenvalue weighted by molar-refractivity contribution is 5.79. The van der Waals surface area contributed by atoms with E-state index in [1.165, 1.54) is 13.4 Å². The van der Waals surface area contributed by atoms with Crippen LogP contribution in [0.4, 0.5) is 5.82 Å². The molecule has 2 aromatic heterocycles. The van der Waals surface area contributed by atoms with Crippen molar-refractivity contribution in [2.24, 2.45) is 0 Å². The van der Waals surface area contributed by atoms with Gasteiger partial charge < -0.3 is 14.8 Å². The van der Waals surface area contributed by atoms with Crippen LogP contribution in [0.1, 0.15) is 11.1 Å². The van der Waals surface area contributed by atoms with Crippen molar-refractivity contribution in [3.8, 4) is 17.1 Å². The second-order valence-electron chi connectivity index (χ2n) is 7.36. The first-order valence-electron chi connectivity index (χ1n) is 10.5. The van der Waals surface area contributed by atoms with E-state index in [2.05, 4.69) is 20.3 Å². The lowest BCUT2D eigenvalue weighted by Gasteiger charge is -2.17. The van der Waals surface area contributed by atoms with Gasteiger partial charge in [0.2, 0.25) is 5.88 Å². The molecule has 0 aliphatic rings. The summed E-state index contributed by atoms with van der Waals surface area (Å²) in [7, 11) is 1.38. The Labute approximate surface area is 192 Å². The van der Waals surface area contributed by atoms with Crippen molar-refractivity contribution in [3.63, 3.8) is 0 Å². The molecule has 2 heterocycles. The summed E-state index contributed by atoms with van der Waals surface area (Å²) in [6.45, 7) is 0.449. The van der Waals surface area contributed by atoms with Crippen LogP contribution < -0.4 is 10.1 Å². The third-order valence-electron chi connectivity index (χ3n) is 5.02. The highest BCUT2D eigenvalue weighted by atomic mass is 16.5. The van der Waals surface area contributed by atoms with E-state index in [9.17, 15) is 4.79 Å². The molecule has 1 atom stereocenters. The standard InChI is InChI=1S/C26H24N4O3/c1-32-26(31)23(14-19-8-4-2-5-9-19)30-24-15-22(28-18-29-24)21-12-13-25(27-16-21)33-17-20-10-6-3-7-11-20/h2-13,15-16,18,23H,14,17H2,1H3,(H,28,29,30). The van der Waals surface area contributed by atoms with Gasteiger partial charge >= 0.3 is 5.97 Å². The molecule has 0 aliphatic heterocycles. The third kappa shape index (κ3) is 6.13. The Kier molecular flexibility index (Phi) is 7.22. The third-order valence-corrected chi connectivity index (χ3v) is 5.02. The normalized spacial score (nSPS) is 11.4. The Morgan fingerprint density at radius 2 is 1.64 bits per heavy atom. The number of esters is 1. The van der Waals surface area contributed by atoms with Gasteiger partial charge in [-0.3, -0.25) is 0 Å². The molecule has 0 aliphatic carbocycles. The van der Waals surface area contributed by atoms with Crippen molar-refractivity contribution < 1.29 is 14.3 Å². The number of methoxy groups -OCH3 is 1. The lowest BCUT2D eigenvalue weighted by molar-refractivity contribution is -0.141. The number of carbonyl (C=O) groups is 1. The molecule has 1 unspecified atom stereocenters. The van der Waals surface area contributed by atoms with Crippen LogP contribution in [-0.4, -0.2) is 34.1 Å². The maximum absolute atomic E-state index is 12.3. The van der Waals surface area contributed by atoms with Crippen molar-refractivity contribution in [1.29, 1.82) is 0 Å². The Bertz CT molecular complexity index is 1170. The molecule has 4 aromatic rings. The van der Waals surface area contributed by atoms with Gasteiger partial charge in [0.1, 0.15) is 24.8 Å². The van der Waals surface area contributed by atoms with E-state index in [1.807, 2.05) is 66.7 Å². The van der Waals surface area contributed by atoms with E-state index in [1.54, 1.807) is 18.3 Å². The molecular weight excluding hydrogens is 416 g/mol. The molecule has 166 valence electrons. The Hall–Kier alpha value is -4.26. The number of rotatable bonds is 9. The number of hydrogen-bond acceptors (Lipinski definition) is 7. The Balaban J connectivity index is 1.44. The molecule has 7 nitrogen and oxygen atoms in total. The number of anilines is 1. The minimum absolute atomic E-state index is 0.361. The minimum atomic E-state index is -0.577.